The lowest BCUT2D eigenvalue weighted by atomic mass is 9.88. The second-order valence-electron chi connectivity index (χ2n) is 4.39. The van der Waals surface area contributed by atoms with E-state index in [1.807, 2.05) is 0 Å². The molecule has 0 aromatic heterocycles. The van der Waals surface area contributed by atoms with Crippen LogP contribution < -0.4 is 5.32 Å². The summed E-state index contributed by atoms with van der Waals surface area (Å²) in [6.45, 7) is 0.275. The van der Waals surface area contributed by atoms with Gasteiger partial charge in [-0.2, -0.15) is 0 Å². The first-order chi connectivity index (χ1) is 7.81. The highest BCUT2D eigenvalue weighted by Gasteiger charge is 2.19. The lowest BCUT2D eigenvalue weighted by molar-refractivity contribution is 0.0912. The number of aliphatic hydroxyl groups is 2. The summed E-state index contributed by atoms with van der Waals surface area (Å²) in [5.41, 5.74) is 2.75. The number of aliphatic hydroxyl groups excluding tert-OH is 2. The van der Waals surface area contributed by atoms with E-state index in [0.717, 1.165) is 12.8 Å². The molecule has 3 nitrogen and oxygen atoms in total. The van der Waals surface area contributed by atoms with E-state index in [-0.39, 0.29) is 6.61 Å². The van der Waals surface area contributed by atoms with E-state index in [2.05, 4.69) is 29.6 Å². The zero-order chi connectivity index (χ0) is 11.4. The van der Waals surface area contributed by atoms with Crippen molar-refractivity contribution in [3.05, 3.63) is 35.4 Å². The van der Waals surface area contributed by atoms with Crippen molar-refractivity contribution in [1.82, 2.24) is 5.32 Å². The van der Waals surface area contributed by atoms with Crippen LogP contribution in [-0.4, -0.2) is 29.5 Å². The van der Waals surface area contributed by atoms with E-state index in [0.29, 0.717) is 12.6 Å². The summed E-state index contributed by atoms with van der Waals surface area (Å²) in [7, 11) is 0. The van der Waals surface area contributed by atoms with Gasteiger partial charge in [-0.1, -0.05) is 24.3 Å². The third-order valence-corrected chi connectivity index (χ3v) is 3.18. The number of fused-ring (bicyclic) bond motifs is 1. The van der Waals surface area contributed by atoms with E-state index in [1.165, 1.54) is 17.5 Å². The predicted molar refractivity (Wildman–Crippen MR) is 63.2 cm³/mol. The maximum atomic E-state index is 9.32. The molecule has 0 aliphatic heterocycles. The molecule has 0 fully saturated rings. The zero-order valence-corrected chi connectivity index (χ0v) is 9.39. The van der Waals surface area contributed by atoms with Crippen LogP contribution in [0.4, 0.5) is 0 Å². The topological polar surface area (TPSA) is 52.5 Å². The summed E-state index contributed by atoms with van der Waals surface area (Å²) in [5, 5.41) is 21.4. The Morgan fingerprint density at radius 1 is 1.38 bits per heavy atom. The fourth-order valence-electron chi connectivity index (χ4n) is 2.31. The minimum Gasteiger partial charge on any atom is -0.394 e. The zero-order valence-electron chi connectivity index (χ0n) is 9.39. The molecule has 0 heterocycles. The van der Waals surface area contributed by atoms with E-state index in [9.17, 15) is 5.11 Å². The molecule has 16 heavy (non-hydrogen) atoms. The second kappa shape index (κ2) is 5.43. The van der Waals surface area contributed by atoms with Gasteiger partial charge in [0, 0.05) is 12.6 Å². The Hall–Kier alpha value is -0.900. The van der Waals surface area contributed by atoms with Gasteiger partial charge in [0.2, 0.25) is 0 Å². The van der Waals surface area contributed by atoms with Crippen LogP contribution in [0.15, 0.2) is 24.3 Å². The molecule has 1 aliphatic rings. The highest BCUT2D eigenvalue weighted by atomic mass is 16.3. The van der Waals surface area contributed by atoms with Crippen LogP contribution in [0, 0.1) is 0 Å². The average Bonchev–Trinajstić information content (AvgIpc) is 2.35. The predicted octanol–water partition coefficient (Wildman–Crippen LogP) is 1.01. The van der Waals surface area contributed by atoms with Crippen LogP contribution in [0.2, 0.25) is 0 Å². The van der Waals surface area contributed by atoms with Gasteiger partial charge in [-0.3, -0.25) is 0 Å². The third-order valence-electron chi connectivity index (χ3n) is 3.18. The molecule has 1 aliphatic carbocycles. The maximum absolute atomic E-state index is 9.32. The Morgan fingerprint density at radius 2 is 2.19 bits per heavy atom. The normalized spacial score (nSPS) is 21.5. The van der Waals surface area contributed by atoms with Gasteiger partial charge < -0.3 is 15.5 Å². The van der Waals surface area contributed by atoms with Crippen molar-refractivity contribution in [2.75, 3.05) is 13.2 Å². The Morgan fingerprint density at radius 3 is 3.00 bits per heavy atom. The van der Waals surface area contributed by atoms with Crippen molar-refractivity contribution in [2.45, 2.75) is 31.4 Å². The SMILES string of the molecule is OC[C@@H](O)CN[C@@H]1CCCc2ccccc21. The largest absolute Gasteiger partial charge is 0.394 e. The van der Waals surface area contributed by atoms with Gasteiger partial charge in [-0.05, 0) is 30.4 Å². The number of nitrogens with one attached hydrogen (secondary N) is 1. The molecule has 0 amide bonds. The van der Waals surface area contributed by atoms with Gasteiger partial charge in [0.1, 0.15) is 0 Å². The monoisotopic (exact) mass is 221 g/mol. The van der Waals surface area contributed by atoms with Crippen LogP contribution in [0.3, 0.4) is 0 Å². The van der Waals surface area contributed by atoms with Crippen molar-refractivity contribution >= 4 is 0 Å². The summed E-state index contributed by atoms with van der Waals surface area (Å²) < 4.78 is 0. The Balaban J connectivity index is 2.01. The first-order valence-electron chi connectivity index (χ1n) is 5.91. The first kappa shape index (κ1) is 11.6. The standard InChI is InChI=1S/C13H19NO2/c15-9-11(16)8-14-13-7-3-5-10-4-1-2-6-12(10)13/h1-2,4,6,11,13-16H,3,5,7-9H2/t11-,13+/m0/s1. The molecule has 2 rings (SSSR count). The van der Waals surface area contributed by atoms with Crippen LogP contribution in [0.1, 0.15) is 30.0 Å². The Bertz CT molecular complexity index is 340. The smallest absolute Gasteiger partial charge is 0.0895 e. The van der Waals surface area contributed by atoms with Crippen LogP contribution in [-0.2, 0) is 6.42 Å². The fourth-order valence-corrected chi connectivity index (χ4v) is 2.31. The lowest BCUT2D eigenvalue weighted by Crippen LogP contribution is -2.33. The molecule has 0 saturated heterocycles. The second-order valence-corrected chi connectivity index (χ2v) is 4.39. The number of aryl methyl sites for hydroxylation is 1. The lowest BCUT2D eigenvalue weighted by Gasteiger charge is -2.27. The molecular weight excluding hydrogens is 202 g/mol. The summed E-state index contributed by atoms with van der Waals surface area (Å²) in [4.78, 5) is 0. The molecule has 0 spiro atoms. The summed E-state index contributed by atoms with van der Waals surface area (Å²) in [6, 6.07) is 8.78. The molecule has 3 heteroatoms. The molecule has 2 atom stereocenters. The molecule has 88 valence electrons. The number of hydrogen-bond donors (Lipinski definition) is 3. The molecule has 0 saturated carbocycles. The van der Waals surface area contributed by atoms with Crippen molar-refractivity contribution in [3.8, 4) is 0 Å². The van der Waals surface area contributed by atoms with Gasteiger partial charge in [-0.15, -0.1) is 0 Å². The highest BCUT2D eigenvalue weighted by Crippen LogP contribution is 2.29. The van der Waals surface area contributed by atoms with Crippen molar-refractivity contribution in [2.24, 2.45) is 0 Å². The summed E-state index contributed by atoms with van der Waals surface area (Å²) in [5.74, 6) is 0. The van der Waals surface area contributed by atoms with Crippen LogP contribution in [0.25, 0.3) is 0 Å². The number of hydrogen-bond acceptors (Lipinski definition) is 3. The number of rotatable bonds is 4. The maximum Gasteiger partial charge on any atom is 0.0895 e. The van der Waals surface area contributed by atoms with Crippen molar-refractivity contribution in [1.29, 1.82) is 0 Å². The van der Waals surface area contributed by atoms with Crippen molar-refractivity contribution < 1.29 is 10.2 Å². The van der Waals surface area contributed by atoms with Gasteiger partial charge in [-0.25, -0.2) is 0 Å². The fraction of sp³-hybridized carbons (Fsp3) is 0.538. The van der Waals surface area contributed by atoms with E-state index < -0.39 is 6.10 Å². The molecule has 0 radical (unpaired) electrons. The Labute approximate surface area is 96.1 Å². The quantitative estimate of drug-likeness (QED) is 0.711. The minimum absolute atomic E-state index is 0.179. The summed E-state index contributed by atoms with van der Waals surface area (Å²) >= 11 is 0. The number of benzene rings is 1. The Kier molecular flexibility index (Phi) is 3.93. The van der Waals surface area contributed by atoms with Crippen molar-refractivity contribution in [3.63, 3.8) is 0 Å². The van der Waals surface area contributed by atoms with E-state index in [4.69, 9.17) is 5.11 Å². The molecule has 1 aromatic carbocycles. The highest BCUT2D eigenvalue weighted by molar-refractivity contribution is 5.32. The average molecular weight is 221 g/mol. The molecule has 3 N–H and O–H groups in total. The van der Waals surface area contributed by atoms with E-state index in [1.54, 1.807) is 0 Å². The first-order valence-corrected chi connectivity index (χ1v) is 5.91. The molecule has 1 aromatic rings. The molecule has 0 bridgehead atoms. The van der Waals surface area contributed by atoms with E-state index >= 15 is 0 Å². The van der Waals surface area contributed by atoms with Gasteiger partial charge in [0.15, 0.2) is 0 Å². The van der Waals surface area contributed by atoms with Gasteiger partial charge in [0.05, 0.1) is 12.7 Å². The van der Waals surface area contributed by atoms with Gasteiger partial charge in [0.25, 0.3) is 0 Å². The molecular formula is C13H19NO2. The van der Waals surface area contributed by atoms with Gasteiger partial charge >= 0.3 is 0 Å². The summed E-state index contributed by atoms with van der Waals surface area (Å²) in [6.07, 6.45) is 2.78. The minimum atomic E-state index is -0.658. The van der Waals surface area contributed by atoms with Crippen LogP contribution >= 0.6 is 0 Å². The third kappa shape index (κ3) is 2.61. The van der Waals surface area contributed by atoms with Crippen LogP contribution in [0.5, 0.6) is 0 Å². The molecule has 0 unspecified atom stereocenters.